The van der Waals surface area contributed by atoms with E-state index in [2.05, 4.69) is 15.3 Å². The highest BCUT2D eigenvalue weighted by Gasteiger charge is 2.44. The minimum absolute atomic E-state index is 0.0420. The van der Waals surface area contributed by atoms with Crippen molar-refractivity contribution in [1.29, 1.82) is 0 Å². The van der Waals surface area contributed by atoms with Gasteiger partial charge in [-0.1, -0.05) is 12.1 Å². The van der Waals surface area contributed by atoms with Crippen LogP contribution in [0, 0.1) is 6.92 Å². The fraction of sp³-hybridized carbons (Fsp3) is 0.481. The Morgan fingerprint density at radius 1 is 1.27 bits per heavy atom. The number of hydrogen-bond donors (Lipinski definition) is 3. The van der Waals surface area contributed by atoms with Crippen molar-refractivity contribution in [1.82, 2.24) is 20.2 Å². The summed E-state index contributed by atoms with van der Waals surface area (Å²) in [5, 5.41) is 13.6. The SMILES string of the molecule is Cc1cc(=O)c(O)c(C2(CC(=O)N[C@@H](C)c3nc4ccccc4[nH]3)CCN(C(=O)OC(C)(C)C)CC2)o1. The van der Waals surface area contributed by atoms with Gasteiger partial charge in [0.15, 0.2) is 5.76 Å². The maximum absolute atomic E-state index is 13.3. The number of nitrogens with zero attached hydrogens (tertiary/aromatic N) is 2. The van der Waals surface area contributed by atoms with E-state index in [1.54, 1.807) is 32.6 Å². The monoisotopic (exact) mass is 510 g/mol. The predicted octanol–water partition coefficient (Wildman–Crippen LogP) is 4.07. The first kappa shape index (κ1) is 26.2. The molecule has 1 atom stereocenters. The number of aromatic hydroxyl groups is 1. The number of ether oxygens (including phenoxy) is 1. The summed E-state index contributed by atoms with van der Waals surface area (Å²) in [4.78, 5) is 47.7. The van der Waals surface area contributed by atoms with E-state index in [0.29, 0.717) is 24.4 Å². The number of fused-ring (bicyclic) bond motifs is 1. The van der Waals surface area contributed by atoms with Crippen LogP contribution in [0.25, 0.3) is 11.0 Å². The van der Waals surface area contributed by atoms with Gasteiger partial charge in [-0.2, -0.15) is 0 Å². The molecule has 1 aromatic carbocycles. The molecule has 10 nitrogen and oxygen atoms in total. The number of aromatic amines is 1. The molecule has 1 fully saturated rings. The molecular weight excluding hydrogens is 476 g/mol. The number of H-pyrrole nitrogens is 1. The van der Waals surface area contributed by atoms with Crippen molar-refractivity contribution >= 4 is 23.0 Å². The van der Waals surface area contributed by atoms with Gasteiger partial charge < -0.3 is 29.5 Å². The van der Waals surface area contributed by atoms with Crippen LogP contribution in [0.15, 0.2) is 39.5 Å². The molecule has 1 saturated heterocycles. The molecule has 0 radical (unpaired) electrons. The molecule has 3 heterocycles. The third kappa shape index (κ3) is 5.79. The molecule has 10 heteroatoms. The fourth-order valence-corrected chi connectivity index (χ4v) is 4.74. The van der Waals surface area contributed by atoms with Crippen molar-refractivity contribution in [3.8, 4) is 5.75 Å². The number of imidazole rings is 1. The lowest BCUT2D eigenvalue weighted by atomic mass is 9.72. The molecule has 0 aliphatic carbocycles. The zero-order chi connectivity index (χ0) is 27.0. The van der Waals surface area contributed by atoms with E-state index in [0.717, 1.165) is 11.0 Å². The quantitative estimate of drug-likeness (QED) is 0.470. The number of hydrogen-bond acceptors (Lipinski definition) is 7. The van der Waals surface area contributed by atoms with Gasteiger partial charge in [-0.05, 0) is 59.6 Å². The van der Waals surface area contributed by atoms with Crippen LogP contribution < -0.4 is 10.7 Å². The molecular formula is C27H34N4O6. The molecule has 198 valence electrons. The number of benzene rings is 1. The van der Waals surface area contributed by atoms with E-state index in [4.69, 9.17) is 9.15 Å². The van der Waals surface area contributed by atoms with E-state index in [1.807, 2.05) is 31.2 Å². The Balaban J connectivity index is 1.56. The summed E-state index contributed by atoms with van der Waals surface area (Å²) in [6.07, 6.45) is 0.121. The number of likely N-dealkylation sites (tertiary alicyclic amines) is 1. The average molecular weight is 511 g/mol. The van der Waals surface area contributed by atoms with Crippen LogP contribution in [-0.2, 0) is 14.9 Å². The van der Waals surface area contributed by atoms with Gasteiger partial charge in [-0.3, -0.25) is 9.59 Å². The number of piperidine rings is 1. The first-order valence-electron chi connectivity index (χ1n) is 12.4. The third-order valence-corrected chi connectivity index (χ3v) is 6.59. The number of carbonyl (C=O) groups is 2. The van der Waals surface area contributed by atoms with Gasteiger partial charge in [0.25, 0.3) is 0 Å². The van der Waals surface area contributed by atoms with Crippen LogP contribution in [0.2, 0.25) is 0 Å². The van der Waals surface area contributed by atoms with E-state index < -0.39 is 34.3 Å². The highest BCUT2D eigenvalue weighted by molar-refractivity contribution is 5.79. The van der Waals surface area contributed by atoms with Gasteiger partial charge in [-0.15, -0.1) is 0 Å². The number of carbonyl (C=O) groups excluding carboxylic acids is 2. The normalized spacial score (nSPS) is 16.4. The largest absolute Gasteiger partial charge is 0.502 e. The fourth-order valence-electron chi connectivity index (χ4n) is 4.74. The minimum atomic E-state index is -0.981. The van der Waals surface area contributed by atoms with E-state index >= 15 is 0 Å². The molecule has 3 aromatic rings. The number of rotatable bonds is 5. The average Bonchev–Trinajstić information content (AvgIpc) is 3.25. The number of aromatic nitrogens is 2. The van der Waals surface area contributed by atoms with Gasteiger partial charge in [0, 0.05) is 31.0 Å². The van der Waals surface area contributed by atoms with Gasteiger partial charge in [-0.25, -0.2) is 9.78 Å². The highest BCUT2D eigenvalue weighted by atomic mass is 16.6. The molecule has 1 aliphatic rings. The minimum Gasteiger partial charge on any atom is -0.502 e. The predicted molar refractivity (Wildman–Crippen MR) is 137 cm³/mol. The number of amides is 2. The lowest BCUT2D eigenvalue weighted by molar-refractivity contribution is -0.123. The Morgan fingerprint density at radius 3 is 2.59 bits per heavy atom. The summed E-state index contributed by atoms with van der Waals surface area (Å²) >= 11 is 0. The Bertz CT molecular complexity index is 1330. The van der Waals surface area contributed by atoms with Crippen molar-refractivity contribution in [2.24, 2.45) is 0 Å². The molecule has 4 rings (SSSR count). The molecule has 2 amide bonds. The summed E-state index contributed by atoms with van der Waals surface area (Å²) in [6.45, 7) is 9.40. The standard InChI is InChI=1S/C27H34N4O6/c1-16-14-20(32)22(34)23(36-16)27(10-12-31(13-11-27)25(35)37-26(3,4)5)15-21(33)28-17(2)24-29-18-8-6-7-9-19(18)30-24/h6-9,14,17,34H,10-13,15H2,1-5H3,(H,28,33)(H,29,30)/t17-/m0/s1. The zero-order valence-electron chi connectivity index (χ0n) is 21.9. The van der Waals surface area contributed by atoms with Crippen molar-refractivity contribution in [2.75, 3.05) is 13.1 Å². The lowest BCUT2D eigenvalue weighted by Gasteiger charge is -2.41. The molecule has 0 saturated carbocycles. The lowest BCUT2D eigenvalue weighted by Crippen LogP contribution is -2.48. The van der Waals surface area contributed by atoms with Crippen LogP contribution in [0.1, 0.15) is 70.3 Å². The summed E-state index contributed by atoms with van der Waals surface area (Å²) in [7, 11) is 0. The number of para-hydroxylation sites is 2. The Morgan fingerprint density at radius 2 is 1.95 bits per heavy atom. The van der Waals surface area contributed by atoms with Gasteiger partial charge in [0.2, 0.25) is 17.1 Å². The van der Waals surface area contributed by atoms with E-state index in [9.17, 15) is 19.5 Å². The first-order chi connectivity index (χ1) is 17.4. The second-order valence-electron chi connectivity index (χ2n) is 10.8. The molecule has 3 N–H and O–H groups in total. The molecule has 0 spiro atoms. The van der Waals surface area contributed by atoms with Crippen molar-refractivity contribution in [2.45, 2.75) is 70.9 Å². The molecule has 0 unspecified atom stereocenters. The van der Waals surface area contributed by atoms with Crippen LogP contribution in [0.5, 0.6) is 5.75 Å². The van der Waals surface area contributed by atoms with Gasteiger partial charge in [0.1, 0.15) is 17.2 Å². The van der Waals surface area contributed by atoms with Crippen LogP contribution in [0.3, 0.4) is 0 Å². The van der Waals surface area contributed by atoms with Crippen molar-refractivity contribution < 1.29 is 23.8 Å². The van der Waals surface area contributed by atoms with E-state index in [-0.39, 0.29) is 31.2 Å². The van der Waals surface area contributed by atoms with Crippen LogP contribution in [-0.4, -0.2) is 50.7 Å². The first-order valence-corrected chi connectivity index (χ1v) is 12.4. The molecule has 0 bridgehead atoms. The second kappa shape index (κ2) is 9.91. The molecule has 37 heavy (non-hydrogen) atoms. The number of aryl methyl sites for hydroxylation is 1. The Labute approximate surface area is 215 Å². The summed E-state index contributed by atoms with van der Waals surface area (Å²) in [6, 6.07) is 8.41. The second-order valence-corrected chi connectivity index (χ2v) is 10.8. The Hall–Kier alpha value is -3.82. The molecule has 2 aromatic heterocycles. The third-order valence-electron chi connectivity index (χ3n) is 6.59. The van der Waals surface area contributed by atoms with Gasteiger partial charge in [0.05, 0.1) is 17.1 Å². The summed E-state index contributed by atoms with van der Waals surface area (Å²) in [5.41, 5.74) is -0.512. The highest BCUT2D eigenvalue weighted by Crippen LogP contribution is 2.42. The number of nitrogens with one attached hydrogen (secondary N) is 2. The zero-order valence-corrected chi connectivity index (χ0v) is 21.9. The smallest absolute Gasteiger partial charge is 0.410 e. The molecule has 1 aliphatic heterocycles. The van der Waals surface area contributed by atoms with Crippen molar-refractivity contribution in [3.63, 3.8) is 0 Å². The van der Waals surface area contributed by atoms with Crippen LogP contribution in [0.4, 0.5) is 4.79 Å². The summed E-state index contributed by atoms with van der Waals surface area (Å²) < 4.78 is 11.4. The topological polar surface area (TPSA) is 138 Å². The summed E-state index contributed by atoms with van der Waals surface area (Å²) in [5.74, 6) is 0.237. The van der Waals surface area contributed by atoms with Crippen LogP contribution >= 0.6 is 0 Å². The van der Waals surface area contributed by atoms with E-state index in [1.165, 1.54) is 6.07 Å². The van der Waals surface area contributed by atoms with Crippen molar-refractivity contribution in [3.05, 3.63) is 57.9 Å². The maximum Gasteiger partial charge on any atom is 0.410 e. The Kier molecular flexibility index (Phi) is 7.03. The van der Waals surface area contributed by atoms with Gasteiger partial charge >= 0.3 is 6.09 Å². The maximum atomic E-state index is 13.3.